The van der Waals surface area contributed by atoms with Gasteiger partial charge >= 0.3 is 12.0 Å². The van der Waals surface area contributed by atoms with Gasteiger partial charge in [-0.3, -0.25) is 4.79 Å². The molecule has 0 bridgehead atoms. The average Bonchev–Trinajstić information content (AvgIpc) is 2.81. The van der Waals surface area contributed by atoms with Gasteiger partial charge in [0.1, 0.15) is 0 Å². The highest BCUT2D eigenvalue weighted by Crippen LogP contribution is 2.21. The molecule has 1 aliphatic heterocycles. The number of benzene rings is 1. The van der Waals surface area contributed by atoms with Crippen LogP contribution in [-0.4, -0.2) is 23.9 Å². The molecule has 0 amide bonds. The van der Waals surface area contributed by atoms with Gasteiger partial charge in [0.05, 0.1) is 22.4 Å². The van der Waals surface area contributed by atoms with Crippen LogP contribution in [0, 0.1) is 0 Å². The smallest absolute Gasteiger partial charge is 0.404 e. The summed E-state index contributed by atoms with van der Waals surface area (Å²) < 4.78 is 14.1. The number of hydrogen-bond donors (Lipinski definition) is 0. The zero-order valence-corrected chi connectivity index (χ0v) is 11.4. The highest BCUT2D eigenvalue weighted by molar-refractivity contribution is 7.16. The normalized spacial score (nSPS) is 18.7. The van der Waals surface area contributed by atoms with Gasteiger partial charge in [0.25, 0.3) is 0 Å². The summed E-state index contributed by atoms with van der Waals surface area (Å²) in [5, 5.41) is 0. The molecule has 1 aromatic carbocycles. The lowest BCUT2D eigenvalue weighted by atomic mass is 9.79. The molecule has 0 spiro atoms. The molecular formula is C12H14BNO3S. The summed E-state index contributed by atoms with van der Waals surface area (Å²) in [4.78, 5) is 11.6. The maximum atomic E-state index is 11.6. The van der Waals surface area contributed by atoms with E-state index in [0.717, 1.165) is 15.7 Å². The van der Waals surface area contributed by atoms with E-state index in [1.54, 1.807) is 11.6 Å². The SMILES string of the molecule is Cn1c(=O)sc2ccc(B3OCC(C)(C)O3)cc21. The Kier molecular flexibility index (Phi) is 2.62. The van der Waals surface area contributed by atoms with Crippen molar-refractivity contribution < 1.29 is 9.31 Å². The van der Waals surface area contributed by atoms with Crippen LogP contribution in [0.1, 0.15) is 13.8 Å². The highest BCUT2D eigenvalue weighted by Gasteiger charge is 2.38. The minimum Gasteiger partial charge on any atom is -0.404 e. The second-order valence-corrected chi connectivity index (χ2v) is 6.17. The first-order valence-corrected chi connectivity index (χ1v) is 6.67. The molecule has 2 heterocycles. The molecule has 0 radical (unpaired) electrons. The predicted octanol–water partition coefficient (Wildman–Crippen LogP) is 1.12. The van der Waals surface area contributed by atoms with E-state index in [9.17, 15) is 4.79 Å². The number of aromatic nitrogens is 1. The predicted molar refractivity (Wildman–Crippen MR) is 73.6 cm³/mol. The van der Waals surface area contributed by atoms with Crippen molar-refractivity contribution in [3.63, 3.8) is 0 Å². The lowest BCUT2D eigenvalue weighted by molar-refractivity contribution is 0.137. The second-order valence-electron chi connectivity index (χ2n) is 5.17. The summed E-state index contributed by atoms with van der Waals surface area (Å²) in [6.07, 6.45) is 0. The third kappa shape index (κ3) is 1.90. The fourth-order valence-electron chi connectivity index (χ4n) is 2.09. The lowest BCUT2D eigenvalue weighted by Gasteiger charge is -2.15. The molecular weight excluding hydrogens is 249 g/mol. The molecule has 2 aromatic rings. The summed E-state index contributed by atoms with van der Waals surface area (Å²) in [6, 6.07) is 5.89. The van der Waals surface area contributed by atoms with E-state index in [1.807, 2.05) is 32.0 Å². The van der Waals surface area contributed by atoms with E-state index >= 15 is 0 Å². The lowest BCUT2D eigenvalue weighted by Crippen LogP contribution is -2.34. The molecule has 0 N–H and O–H groups in total. The summed E-state index contributed by atoms with van der Waals surface area (Å²) in [7, 11) is 1.45. The number of thiazole rings is 1. The van der Waals surface area contributed by atoms with Gasteiger partial charge in [0.2, 0.25) is 0 Å². The fourth-order valence-corrected chi connectivity index (χ4v) is 2.95. The zero-order chi connectivity index (χ0) is 12.9. The average molecular weight is 263 g/mol. The van der Waals surface area contributed by atoms with Crippen LogP contribution in [0.3, 0.4) is 0 Å². The van der Waals surface area contributed by atoms with E-state index in [-0.39, 0.29) is 17.6 Å². The Labute approximate surface area is 109 Å². The molecule has 0 atom stereocenters. The van der Waals surface area contributed by atoms with Crippen LogP contribution in [0.25, 0.3) is 10.2 Å². The van der Waals surface area contributed by atoms with Crippen LogP contribution in [0.2, 0.25) is 0 Å². The van der Waals surface area contributed by atoms with Gasteiger partial charge in [-0.2, -0.15) is 0 Å². The molecule has 94 valence electrons. The quantitative estimate of drug-likeness (QED) is 0.724. The van der Waals surface area contributed by atoms with E-state index in [0.29, 0.717) is 6.61 Å². The summed E-state index contributed by atoms with van der Waals surface area (Å²) in [5.41, 5.74) is 1.64. The Hall–Kier alpha value is -1.11. The van der Waals surface area contributed by atoms with Crippen molar-refractivity contribution in [2.24, 2.45) is 7.05 Å². The van der Waals surface area contributed by atoms with Crippen molar-refractivity contribution in [3.8, 4) is 0 Å². The molecule has 1 saturated heterocycles. The maximum absolute atomic E-state index is 11.6. The number of aryl methyl sites for hydroxylation is 1. The van der Waals surface area contributed by atoms with Gasteiger partial charge in [-0.15, -0.1) is 0 Å². The van der Waals surface area contributed by atoms with Gasteiger partial charge < -0.3 is 13.9 Å². The van der Waals surface area contributed by atoms with Crippen LogP contribution >= 0.6 is 11.3 Å². The van der Waals surface area contributed by atoms with Crippen molar-refractivity contribution in [2.75, 3.05) is 6.61 Å². The van der Waals surface area contributed by atoms with E-state index in [2.05, 4.69) is 0 Å². The Morgan fingerprint density at radius 2 is 2.22 bits per heavy atom. The van der Waals surface area contributed by atoms with Gasteiger partial charge in [0.15, 0.2) is 0 Å². The van der Waals surface area contributed by atoms with Crippen LogP contribution in [0.15, 0.2) is 23.0 Å². The molecule has 1 aromatic heterocycles. The van der Waals surface area contributed by atoms with Crippen LogP contribution < -0.4 is 10.3 Å². The first-order valence-electron chi connectivity index (χ1n) is 5.85. The van der Waals surface area contributed by atoms with Gasteiger partial charge in [0, 0.05) is 7.05 Å². The molecule has 3 rings (SSSR count). The highest BCUT2D eigenvalue weighted by atomic mass is 32.1. The van der Waals surface area contributed by atoms with Crippen molar-refractivity contribution in [3.05, 3.63) is 27.9 Å². The number of nitrogens with zero attached hydrogens (tertiary/aromatic N) is 1. The third-order valence-electron chi connectivity index (χ3n) is 3.10. The summed E-state index contributed by atoms with van der Waals surface area (Å²) in [5.74, 6) is 0. The summed E-state index contributed by atoms with van der Waals surface area (Å²) >= 11 is 1.26. The fraction of sp³-hybridized carbons (Fsp3) is 0.417. The molecule has 0 saturated carbocycles. The summed E-state index contributed by atoms with van der Waals surface area (Å²) in [6.45, 7) is 4.59. The Morgan fingerprint density at radius 3 is 2.89 bits per heavy atom. The molecule has 4 nitrogen and oxygen atoms in total. The van der Waals surface area contributed by atoms with Gasteiger partial charge in [-0.1, -0.05) is 17.4 Å². The topological polar surface area (TPSA) is 40.5 Å². The molecule has 18 heavy (non-hydrogen) atoms. The molecule has 1 aliphatic rings. The maximum Gasteiger partial charge on any atom is 0.494 e. The Morgan fingerprint density at radius 1 is 1.44 bits per heavy atom. The van der Waals surface area contributed by atoms with Crippen molar-refractivity contribution in [1.82, 2.24) is 4.57 Å². The van der Waals surface area contributed by atoms with Gasteiger partial charge in [-0.25, -0.2) is 0 Å². The van der Waals surface area contributed by atoms with Crippen LogP contribution in [-0.2, 0) is 16.4 Å². The largest absolute Gasteiger partial charge is 0.494 e. The minimum absolute atomic E-state index is 0.0516. The molecule has 6 heteroatoms. The first kappa shape index (κ1) is 12.0. The molecule has 1 fully saturated rings. The van der Waals surface area contributed by atoms with Crippen LogP contribution in [0.4, 0.5) is 0 Å². The zero-order valence-electron chi connectivity index (χ0n) is 10.6. The van der Waals surface area contributed by atoms with E-state index in [4.69, 9.17) is 9.31 Å². The van der Waals surface area contributed by atoms with Crippen LogP contribution in [0.5, 0.6) is 0 Å². The number of fused-ring (bicyclic) bond motifs is 1. The second kappa shape index (κ2) is 3.95. The Bertz CT molecular complexity index is 661. The molecule has 0 unspecified atom stereocenters. The first-order chi connectivity index (χ1) is 8.46. The minimum atomic E-state index is -0.334. The van der Waals surface area contributed by atoms with Gasteiger partial charge in [-0.05, 0) is 31.4 Å². The monoisotopic (exact) mass is 263 g/mol. The van der Waals surface area contributed by atoms with E-state index < -0.39 is 0 Å². The van der Waals surface area contributed by atoms with Crippen molar-refractivity contribution in [1.29, 1.82) is 0 Å². The standard InChI is InChI=1S/C12H14BNO3S/c1-12(2)7-16-13(17-12)8-4-5-10-9(6-8)14(3)11(15)18-10/h4-6H,7H2,1-3H3. The number of hydrogen-bond acceptors (Lipinski definition) is 4. The Balaban J connectivity index is 2.04. The molecule has 0 aliphatic carbocycles. The van der Waals surface area contributed by atoms with Crippen molar-refractivity contribution in [2.45, 2.75) is 19.4 Å². The number of rotatable bonds is 1. The van der Waals surface area contributed by atoms with E-state index in [1.165, 1.54) is 11.3 Å². The van der Waals surface area contributed by atoms with Crippen molar-refractivity contribution >= 4 is 34.1 Å². The third-order valence-corrected chi connectivity index (χ3v) is 4.11.